The van der Waals surface area contributed by atoms with Crippen LogP contribution < -0.4 is 9.46 Å². The highest BCUT2D eigenvalue weighted by Gasteiger charge is 2.26. The van der Waals surface area contributed by atoms with Crippen molar-refractivity contribution in [3.05, 3.63) is 47.3 Å². The summed E-state index contributed by atoms with van der Waals surface area (Å²) < 4.78 is 32.6. The molecule has 1 atom stereocenters. The molecule has 5 nitrogen and oxygen atoms in total. The molecule has 130 valence electrons. The molecule has 24 heavy (non-hydrogen) atoms. The number of thiophene rings is 1. The van der Waals surface area contributed by atoms with Gasteiger partial charge in [-0.15, -0.1) is 11.3 Å². The number of hydrogen-bond acceptors (Lipinski definition) is 5. The van der Waals surface area contributed by atoms with Gasteiger partial charge in [0, 0.05) is 19.1 Å². The van der Waals surface area contributed by atoms with Gasteiger partial charge in [0.25, 0.3) is 0 Å². The Labute approximate surface area is 147 Å². The molecule has 1 aromatic heterocycles. The van der Waals surface area contributed by atoms with Gasteiger partial charge in [0.15, 0.2) is 0 Å². The Bertz CT molecular complexity index is 743. The number of hydrogen-bond donors (Lipinski definition) is 1. The Kier molecular flexibility index (Phi) is 5.55. The van der Waals surface area contributed by atoms with Crippen molar-refractivity contribution in [2.45, 2.75) is 23.1 Å². The first-order valence-corrected chi connectivity index (χ1v) is 10.4. The molecule has 0 aliphatic carbocycles. The molecular weight excluding hydrogens is 344 g/mol. The Morgan fingerprint density at radius 2 is 2.08 bits per heavy atom. The van der Waals surface area contributed by atoms with E-state index in [0.29, 0.717) is 23.3 Å². The largest absolute Gasteiger partial charge is 0.497 e. The molecule has 0 bridgehead atoms. The fraction of sp³-hybridized carbons (Fsp3) is 0.412. The summed E-state index contributed by atoms with van der Waals surface area (Å²) in [5.74, 6) is 0.854. The third-order valence-electron chi connectivity index (χ3n) is 4.32. The first-order chi connectivity index (χ1) is 11.6. The molecule has 3 rings (SSSR count). The first kappa shape index (κ1) is 17.4. The molecule has 0 amide bonds. The fourth-order valence-electron chi connectivity index (χ4n) is 3.11. The van der Waals surface area contributed by atoms with Gasteiger partial charge in [-0.25, -0.2) is 13.1 Å². The summed E-state index contributed by atoms with van der Waals surface area (Å²) >= 11 is 1.24. The monoisotopic (exact) mass is 366 g/mol. The van der Waals surface area contributed by atoms with Crippen LogP contribution in [0.2, 0.25) is 0 Å². The third-order valence-corrected chi connectivity index (χ3v) is 7.17. The van der Waals surface area contributed by atoms with E-state index in [-0.39, 0.29) is 0 Å². The Hall–Kier alpha value is -1.41. The van der Waals surface area contributed by atoms with Crippen molar-refractivity contribution in [1.82, 2.24) is 9.62 Å². The minimum atomic E-state index is -3.37. The molecule has 1 N–H and O–H groups in total. The minimum Gasteiger partial charge on any atom is -0.497 e. The molecule has 1 aliphatic rings. The molecule has 1 aromatic carbocycles. The van der Waals surface area contributed by atoms with Gasteiger partial charge < -0.3 is 4.74 Å². The predicted octanol–water partition coefficient (Wildman–Crippen LogP) is 2.87. The van der Waals surface area contributed by atoms with Crippen LogP contribution in [-0.4, -0.2) is 40.1 Å². The van der Waals surface area contributed by atoms with E-state index in [1.807, 2.05) is 12.1 Å². The van der Waals surface area contributed by atoms with Gasteiger partial charge in [-0.05, 0) is 48.5 Å². The zero-order valence-corrected chi connectivity index (χ0v) is 15.3. The van der Waals surface area contributed by atoms with E-state index < -0.39 is 10.0 Å². The van der Waals surface area contributed by atoms with Crippen molar-refractivity contribution < 1.29 is 13.2 Å². The second-order valence-corrected chi connectivity index (χ2v) is 8.74. The second-order valence-electron chi connectivity index (χ2n) is 5.80. The van der Waals surface area contributed by atoms with E-state index in [1.165, 1.54) is 16.9 Å². The highest BCUT2D eigenvalue weighted by atomic mass is 32.2. The number of nitrogens with zero attached hydrogens (tertiary/aromatic N) is 1. The van der Waals surface area contributed by atoms with Crippen LogP contribution in [0.15, 0.2) is 46.0 Å². The molecule has 0 unspecified atom stereocenters. The fourth-order valence-corrected chi connectivity index (χ4v) is 5.17. The summed E-state index contributed by atoms with van der Waals surface area (Å²) in [5.41, 5.74) is 1.26. The molecule has 1 aliphatic heterocycles. The number of methoxy groups -OCH3 is 1. The maximum absolute atomic E-state index is 12.2. The minimum absolute atomic E-state index is 0.349. The Morgan fingerprint density at radius 3 is 2.75 bits per heavy atom. The molecule has 0 radical (unpaired) electrons. The Balaban J connectivity index is 1.58. The van der Waals surface area contributed by atoms with E-state index in [2.05, 4.69) is 21.8 Å². The highest BCUT2D eigenvalue weighted by Crippen LogP contribution is 2.32. The lowest BCUT2D eigenvalue weighted by molar-refractivity contribution is 0.261. The predicted molar refractivity (Wildman–Crippen MR) is 96.0 cm³/mol. The average molecular weight is 367 g/mol. The molecule has 0 spiro atoms. The van der Waals surface area contributed by atoms with Crippen LogP contribution >= 0.6 is 11.3 Å². The van der Waals surface area contributed by atoms with Gasteiger partial charge in [0.05, 0.1) is 7.11 Å². The number of likely N-dealkylation sites (tertiary alicyclic amines) is 1. The van der Waals surface area contributed by atoms with Gasteiger partial charge in [-0.1, -0.05) is 18.2 Å². The van der Waals surface area contributed by atoms with Crippen molar-refractivity contribution >= 4 is 21.4 Å². The van der Waals surface area contributed by atoms with E-state index in [1.54, 1.807) is 24.6 Å². The van der Waals surface area contributed by atoms with Crippen LogP contribution in [0.4, 0.5) is 0 Å². The number of sulfonamides is 1. The van der Waals surface area contributed by atoms with Gasteiger partial charge >= 0.3 is 0 Å². The maximum Gasteiger partial charge on any atom is 0.250 e. The summed E-state index contributed by atoms with van der Waals surface area (Å²) in [6.45, 7) is 2.13. The van der Waals surface area contributed by atoms with Crippen LogP contribution in [0, 0.1) is 0 Å². The highest BCUT2D eigenvalue weighted by molar-refractivity contribution is 7.91. The van der Waals surface area contributed by atoms with Crippen molar-refractivity contribution in [2.75, 3.05) is 26.7 Å². The van der Waals surface area contributed by atoms with Crippen LogP contribution in [0.3, 0.4) is 0 Å². The quantitative estimate of drug-likeness (QED) is 0.819. The third kappa shape index (κ3) is 3.97. The van der Waals surface area contributed by atoms with Crippen molar-refractivity contribution in [3.8, 4) is 5.75 Å². The van der Waals surface area contributed by atoms with Crippen LogP contribution in [0.25, 0.3) is 0 Å². The van der Waals surface area contributed by atoms with E-state index in [4.69, 9.17) is 4.74 Å². The van der Waals surface area contributed by atoms with Crippen molar-refractivity contribution in [3.63, 3.8) is 0 Å². The number of ether oxygens (including phenoxy) is 1. The van der Waals surface area contributed by atoms with E-state index in [0.717, 1.165) is 25.1 Å². The summed E-state index contributed by atoms with van der Waals surface area (Å²) in [6, 6.07) is 11.9. The lowest BCUT2D eigenvalue weighted by atomic mass is 10.0. The van der Waals surface area contributed by atoms with Gasteiger partial charge in [-0.3, -0.25) is 4.90 Å². The van der Waals surface area contributed by atoms with Gasteiger partial charge in [-0.2, -0.15) is 0 Å². The molecule has 2 aromatic rings. The topological polar surface area (TPSA) is 58.6 Å². The normalized spacial score (nSPS) is 18.8. The second kappa shape index (κ2) is 7.65. The number of benzene rings is 1. The van der Waals surface area contributed by atoms with Crippen molar-refractivity contribution in [1.29, 1.82) is 0 Å². The summed E-state index contributed by atoms with van der Waals surface area (Å²) in [7, 11) is -1.71. The summed E-state index contributed by atoms with van der Waals surface area (Å²) in [4.78, 5) is 2.35. The zero-order valence-electron chi connectivity index (χ0n) is 13.6. The molecule has 0 saturated carbocycles. The van der Waals surface area contributed by atoms with E-state index in [9.17, 15) is 8.42 Å². The van der Waals surface area contributed by atoms with Gasteiger partial charge in [0.1, 0.15) is 9.96 Å². The lowest BCUT2D eigenvalue weighted by Crippen LogP contribution is -2.34. The molecule has 7 heteroatoms. The average Bonchev–Trinajstić information content (AvgIpc) is 3.27. The number of rotatable bonds is 7. The van der Waals surface area contributed by atoms with Crippen molar-refractivity contribution in [2.24, 2.45) is 0 Å². The smallest absolute Gasteiger partial charge is 0.250 e. The first-order valence-electron chi connectivity index (χ1n) is 8.01. The lowest BCUT2D eigenvalue weighted by Gasteiger charge is -2.25. The van der Waals surface area contributed by atoms with Gasteiger partial charge in [0.2, 0.25) is 10.0 Å². The number of nitrogens with one attached hydrogen (secondary N) is 1. The zero-order chi connectivity index (χ0) is 17.0. The molecular formula is C17H22N2O3S2. The SMILES string of the molecule is COc1ccc([C@@H]2CCCN2CCNS(=O)(=O)c2cccs2)cc1. The summed E-state index contributed by atoms with van der Waals surface area (Å²) in [6.07, 6.45) is 2.23. The molecule has 2 heterocycles. The van der Waals surface area contributed by atoms with Crippen LogP contribution in [0.1, 0.15) is 24.4 Å². The van der Waals surface area contributed by atoms with Crippen LogP contribution in [-0.2, 0) is 10.0 Å². The maximum atomic E-state index is 12.2. The summed E-state index contributed by atoms with van der Waals surface area (Å²) in [5, 5.41) is 1.77. The van der Waals surface area contributed by atoms with Crippen LogP contribution in [0.5, 0.6) is 5.75 Å². The standard InChI is InChI=1S/C17H22N2O3S2/c1-22-15-8-6-14(7-9-15)16-4-2-11-19(16)12-10-18-24(20,21)17-5-3-13-23-17/h3,5-9,13,16,18H,2,4,10-12H2,1H3/t16-/m0/s1. The molecule has 1 saturated heterocycles. The Morgan fingerprint density at radius 1 is 1.29 bits per heavy atom. The van der Waals surface area contributed by atoms with E-state index >= 15 is 0 Å². The molecule has 1 fully saturated rings.